The zero-order valence-electron chi connectivity index (χ0n) is 12.9. The van der Waals surface area contributed by atoms with Crippen LogP contribution in [0.3, 0.4) is 0 Å². The molecule has 1 aliphatic heterocycles. The number of carboxylic acids is 1. The lowest BCUT2D eigenvalue weighted by atomic mass is 9.94. The number of carboxylic acid groups (broad SMARTS) is 1. The lowest BCUT2D eigenvalue weighted by Crippen LogP contribution is -2.43. The molecule has 1 amide bonds. The number of ether oxygens (including phenoxy) is 2. The summed E-state index contributed by atoms with van der Waals surface area (Å²) in [5, 5.41) is 12.3. The third-order valence-corrected chi connectivity index (χ3v) is 4.46. The van der Waals surface area contributed by atoms with Gasteiger partial charge in [0.25, 0.3) is 5.91 Å². The van der Waals surface area contributed by atoms with Crippen LogP contribution in [0.1, 0.15) is 42.5 Å². The van der Waals surface area contributed by atoms with E-state index < -0.39 is 11.9 Å². The van der Waals surface area contributed by atoms with Crippen LogP contribution in [-0.2, 0) is 4.79 Å². The first-order chi connectivity index (χ1) is 11.2. The Hall–Kier alpha value is -2.24. The lowest BCUT2D eigenvalue weighted by molar-refractivity contribution is -0.142. The van der Waals surface area contributed by atoms with E-state index >= 15 is 0 Å². The SMILES string of the molecule is O=C(N[C@H]1CCCCC[C@H]1C(=O)O)c1cccc2c1OCCO2. The largest absolute Gasteiger partial charge is 0.486 e. The van der Waals surface area contributed by atoms with Crippen molar-refractivity contribution in [1.29, 1.82) is 0 Å². The maximum absolute atomic E-state index is 12.6. The number of hydrogen-bond donors (Lipinski definition) is 2. The summed E-state index contributed by atoms with van der Waals surface area (Å²) >= 11 is 0. The minimum Gasteiger partial charge on any atom is -0.486 e. The molecule has 0 unspecified atom stereocenters. The third kappa shape index (κ3) is 3.41. The van der Waals surface area contributed by atoms with Gasteiger partial charge in [0.05, 0.1) is 11.5 Å². The zero-order chi connectivity index (χ0) is 16.2. The predicted octanol–water partition coefficient (Wildman–Crippen LogP) is 2.22. The second kappa shape index (κ2) is 6.89. The van der Waals surface area contributed by atoms with Crippen LogP contribution in [0.5, 0.6) is 11.5 Å². The topological polar surface area (TPSA) is 84.9 Å². The van der Waals surface area contributed by atoms with Crippen LogP contribution in [0, 0.1) is 5.92 Å². The second-order valence-electron chi connectivity index (χ2n) is 5.99. The fourth-order valence-corrected chi connectivity index (χ4v) is 3.27. The summed E-state index contributed by atoms with van der Waals surface area (Å²) in [7, 11) is 0. The number of carbonyl (C=O) groups is 2. The van der Waals surface area contributed by atoms with Gasteiger partial charge in [-0.15, -0.1) is 0 Å². The Morgan fingerprint density at radius 2 is 1.87 bits per heavy atom. The first-order valence-electron chi connectivity index (χ1n) is 8.09. The number of rotatable bonds is 3. The number of aliphatic carboxylic acids is 1. The van der Waals surface area contributed by atoms with E-state index in [1.54, 1.807) is 18.2 Å². The number of hydrogen-bond acceptors (Lipinski definition) is 4. The Morgan fingerprint density at radius 3 is 2.70 bits per heavy atom. The van der Waals surface area contributed by atoms with E-state index in [4.69, 9.17) is 9.47 Å². The summed E-state index contributed by atoms with van der Waals surface area (Å²) in [5.41, 5.74) is 0.399. The summed E-state index contributed by atoms with van der Waals surface area (Å²) in [6.07, 6.45) is 4.12. The molecule has 1 aromatic rings. The minimum absolute atomic E-state index is 0.300. The van der Waals surface area contributed by atoms with Crippen LogP contribution in [-0.4, -0.2) is 36.2 Å². The van der Waals surface area contributed by atoms with Crippen molar-refractivity contribution in [2.24, 2.45) is 5.92 Å². The first kappa shape index (κ1) is 15.6. The summed E-state index contributed by atoms with van der Waals surface area (Å²) in [6, 6.07) is 4.83. The molecule has 0 saturated heterocycles. The molecule has 1 aliphatic carbocycles. The number of para-hydroxylation sites is 1. The first-order valence-corrected chi connectivity index (χ1v) is 8.09. The standard InChI is InChI=1S/C17H21NO5/c19-16(12-6-4-8-14-15(12)23-10-9-22-14)18-13-7-3-1-2-5-11(13)17(20)21/h4,6,8,11,13H,1-3,5,7,9-10H2,(H,18,19)(H,20,21)/t11-,13+/m1/s1. The smallest absolute Gasteiger partial charge is 0.308 e. The average Bonchev–Trinajstić information content (AvgIpc) is 2.79. The van der Waals surface area contributed by atoms with Crippen LogP contribution in [0.25, 0.3) is 0 Å². The molecule has 0 aromatic heterocycles. The van der Waals surface area contributed by atoms with E-state index in [1.165, 1.54) is 0 Å². The van der Waals surface area contributed by atoms with Gasteiger partial charge in [0.1, 0.15) is 13.2 Å². The number of benzene rings is 1. The molecule has 23 heavy (non-hydrogen) atoms. The Balaban J connectivity index is 1.79. The quantitative estimate of drug-likeness (QED) is 0.835. The molecule has 0 spiro atoms. The van der Waals surface area contributed by atoms with Crippen LogP contribution in [0.15, 0.2) is 18.2 Å². The predicted molar refractivity (Wildman–Crippen MR) is 82.9 cm³/mol. The number of fused-ring (bicyclic) bond motifs is 1. The highest BCUT2D eigenvalue weighted by molar-refractivity contribution is 5.98. The molecular formula is C17H21NO5. The van der Waals surface area contributed by atoms with E-state index in [0.29, 0.717) is 43.1 Å². The normalized spacial score (nSPS) is 23.7. The van der Waals surface area contributed by atoms with Crippen molar-refractivity contribution in [2.45, 2.75) is 38.1 Å². The van der Waals surface area contributed by atoms with Gasteiger partial charge in [0.15, 0.2) is 11.5 Å². The van der Waals surface area contributed by atoms with Crippen molar-refractivity contribution in [3.8, 4) is 11.5 Å². The molecule has 3 rings (SSSR count). The summed E-state index contributed by atoms with van der Waals surface area (Å²) in [5.74, 6) is -0.674. The Labute approximate surface area is 134 Å². The van der Waals surface area contributed by atoms with Gasteiger partial charge in [-0.1, -0.05) is 25.3 Å². The van der Waals surface area contributed by atoms with Crippen LogP contribution in [0.2, 0.25) is 0 Å². The van der Waals surface area contributed by atoms with Crippen molar-refractivity contribution in [1.82, 2.24) is 5.32 Å². The zero-order valence-corrected chi connectivity index (χ0v) is 12.9. The van der Waals surface area contributed by atoms with Crippen molar-refractivity contribution in [2.75, 3.05) is 13.2 Å². The average molecular weight is 319 g/mol. The van der Waals surface area contributed by atoms with Crippen LogP contribution in [0.4, 0.5) is 0 Å². The number of amides is 1. The minimum atomic E-state index is -0.841. The van der Waals surface area contributed by atoms with E-state index in [2.05, 4.69) is 5.32 Å². The highest BCUT2D eigenvalue weighted by atomic mass is 16.6. The number of nitrogens with one attached hydrogen (secondary N) is 1. The highest BCUT2D eigenvalue weighted by Gasteiger charge is 2.31. The fraction of sp³-hybridized carbons (Fsp3) is 0.529. The van der Waals surface area contributed by atoms with Gasteiger partial charge < -0.3 is 19.9 Å². The summed E-state index contributed by atoms with van der Waals surface area (Å²) in [6.45, 7) is 0.861. The van der Waals surface area contributed by atoms with Crippen molar-refractivity contribution < 1.29 is 24.2 Å². The van der Waals surface area contributed by atoms with Gasteiger partial charge in [0.2, 0.25) is 0 Å². The molecule has 6 nitrogen and oxygen atoms in total. The molecule has 2 atom stereocenters. The summed E-state index contributed by atoms with van der Waals surface area (Å²) in [4.78, 5) is 24.1. The third-order valence-electron chi connectivity index (χ3n) is 4.46. The summed E-state index contributed by atoms with van der Waals surface area (Å²) < 4.78 is 11.0. The molecule has 2 N–H and O–H groups in total. The van der Waals surface area contributed by atoms with Gasteiger partial charge in [-0.05, 0) is 25.0 Å². The maximum Gasteiger partial charge on any atom is 0.308 e. The molecule has 1 fully saturated rings. The molecule has 0 bridgehead atoms. The lowest BCUT2D eigenvalue weighted by Gasteiger charge is -2.25. The molecular weight excluding hydrogens is 298 g/mol. The van der Waals surface area contributed by atoms with Gasteiger partial charge >= 0.3 is 5.97 Å². The maximum atomic E-state index is 12.6. The van der Waals surface area contributed by atoms with Gasteiger partial charge in [-0.3, -0.25) is 9.59 Å². The second-order valence-corrected chi connectivity index (χ2v) is 5.99. The molecule has 1 aromatic carbocycles. The van der Waals surface area contributed by atoms with E-state index in [1.807, 2.05) is 0 Å². The Morgan fingerprint density at radius 1 is 1.09 bits per heavy atom. The molecule has 6 heteroatoms. The van der Waals surface area contributed by atoms with Crippen molar-refractivity contribution in [3.63, 3.8) is 0 Å². The fourth-order valence-electron chi connectivity index (χ4n) is 3.27. The van der Waals surface area contributed by atoms with Gasteiger partial charge in [-0.25, -0.2) is 0 Å². The van der Waals surface area contributed by atoms with E-state index in [-0.39, 0.29) is 11.9 Å². The molecule has 2 aliphatic rings. The van der Waals surface area contributed by atoms with Crippen LogP contribution < -0.4 is 14.8 Å². The molecule has 0 radical (unpaired) electrons. The van der Waals surface area contributed by atoms with Crippen molar-refractivity contribution >= 4 is 11.9 Å². The van der Waals surface area contributed by atoms with Gasteiger partial charge in [0, 0.05) is 6.04 Å². The highest BCUT2D eigenvalue weighted by Crippen LogP contribution is 2.34. The number of carbonyl (C=O) groups excluding carboxylic acids is 1. The van der Waals surface area contributed by atoms with Crippen molar-refractivity contribution in [3.05, 3.63) is 23.8 Å². The molecule has 1 saturated carbocycles. The molecule has 1 heterocycles. The van der Waals surface area contributed by atoms with E-state index in [9.17, 15) is 14.7 Å². The van der Waals surface area contributed by atoms with Gasteiger partial charge in [-0.2, -0.15) is 0 Å². The van der Waals surface area contributed by atoms with E-state index in [0.717, 1.165) is 19.3 Å². The monoisotopic (exact) mass is 319 g/mol. The molecule has 124 valence electrons. The Kier molecular flexibility index (Phi) is 4.69. The Bertz CT molecular complexity index is 601. The van der Waals surface area contributed by atoms with Crippen LogP contribution >= 0.6 is 0 Å².